The van der Waals surface area contributed by atoms with E-state index >= 15 is 0 Å². The van der Waals surface area contributed by atoms with E-state index in [2.05, 4.69) is 0 Å². The van der Waals surface area contributed by atoms with E-state index in [1.54, 1.807) is 13.2 Å². The number of nitrogens with zero attached hydrogens (tertiary/aromatic N) is 1. The second-order valence-electron chi connectivity index (χ2n) is 6.56. The Morgan fingerprint density at radius 3 is 2.73 bits per heavy atom. The van der Waals surface area contributed by atoms with Crippen molar-refractivity contribution in [3.63, 3.8) is 0 Å². The molecule has 116 valence electrons. The average Bonchev–Trinajstić information content (AvgIpc) is 2.89. The Kier molecular flexibility index (Phi) is 2.85. The second-order valence-corrected chi connectivity index (χ2v) is 6.56. The van der Waals surface area contributed by atoms with Crippen LogP contribution in [-0.4, -0.2) is 49.8 Å². The summed E-state index contributed by atoms with van der Waals surface area (Å²) >= 11 is 0. The standard InChI is InChI=1S/C17H19NO4/c1-18(2)14-8-4-6-10(19)16-12(8)13-9(15(14)20)5-7-11(21-3)17(13)22-16/h5,7-8,12,14,16H,4,6H2,1-3H3/t8-,12?,14+,16+/m1/s1. The lowest BCUT2D eigenvalue weighted by Crippen LogP contribution is -2.52. The van der Waals surface area contributed by atoms with Crippen molar-refractivity contribution in [2.24, 2.45) is 5.92 Å². The van der Waals surface area contributed by atoms with E-state index in [-0.39, 0.29) is 29.4 Å². The molecule has 0 bridgehead atoms. The van der Waals surface area contributed by atoms with Crippen molar-refractivity contribution in [3.8, 4) is 11.5 Å². The zero-order valence-corrected chi connectivity index (χ0v) is 13.0. The van der Waals surface area contributed by atoms with Crippen LogP contribution in [0, 0.1) is 5.92 Å². The van der Waals surface area contributed by atoms with Gasteiger partial charge in [-0.1, -0.05) is 0 Å². The molecular formula is C17H19NO4. The van der Waals surface area contributed by atoms with Crippen molar-refractivity contribution >= 4 is 11.6 Å². The van der Waals surface area contributed by atoms with Gasteiger partial charge in [0.2, 0.25) is 0 Å². The molecule has 5 nitrogen and oxygen atoms in total. The lowest BCUT2D eigenvalue weighted by atomic mass is 9.64. The number of likely N-dealkylation sites (N-methyl/N-ethyl adjacent to an activating group) is 1. The van der Waals surface area contributed by atoms with Gasteiger partial charge in [0, 0.05) is 23.5 Å². The SMILES string of the molecule is COc1ccc2c3c1O[C@H]1C(=O)CC[C@H](C31)[C@H](N(C)C)C2=O. The highest BCUT2D eigenvalue weighted by Crippen LogP contribution is 2.56. The summed E-state index contributed by atoms with van der Waals surface area (Å²) in [4.78, 5) is 27.2. The molecule has 2 aliphatic carbocycles. The summed E-state index contributed by atoms with van der Waals surface area (Å²) in [5.74, 6) is 1.58. The number of hydrogen-bond donors (Lipinski definition) is 0. The number of benzene rings is 1. The molecule has 1 aliphatic heterocycles. The van der Waals surface area contributed by atoms with E-state index in [1.165, 1.54) is 0 Å². The lowest BCUT2D eigenvalue weighted by molar-refractivity contribution is -0.129. The summed E-state index contributed by atoms with van der Waals surface area (Å²) in [5, 5.41) is 0. The maximum Gasteiger partial charge on any atom is 0.180 e. The highest BCUT2D eigenvalue weighted by molar-refractivity contribution is 6.05. The van der Waals surface area contributed by atoms with Gasteiger partial charge in [-0.3, -0.25) is 14.5 Å². The number of rotatable bonds is 2. The number of carbonyl (C=O) groups excluding carboxylic acids is 2. The highest BCUT2D eigenvalue weighted by Gasteiger charge is 2.56. The van der Waals surface area contributed by atoms with E-state index in [0.717, 1.165) is 12.0 Å². The molecule has 4 atom stereocenters. The number of hydrogen-bond acceptors (Lipinski definition) is 5. The summed E-state index contributed by atoms with van der Waals surface area (Å²) in [5.41, 5.74) is 1.58. The first-order valence-corrected chi connectivity index (χ1v) is 7.65. The van der Waals surface area contributed by atoms with Crippen molar-refractivity contribution in [1.29, 1.82) is 0 Å². The number of Topliss-reactive ketones (excluding diaryl/α,β-unsaturated/α-hetero) is 2. The van der Waals surface area contributed by atoms with Gasteiger partial charge in [0.1, 0.15) is 0 Å². The third-order valence-electron chi connectivity index (χ3n) is 5.28. The monoisotopic (exact) mass is 301 g/mol. The normalized spacial score (nSPS) is 32.0. The lowest BCUT2D eigenvalue weighted by Gasteiger charge is -2.42. The molecule has 0 radical (unpaired) electrons. The van der Waals surface area contributed by atoms with E-state index in [0.29, 0.717) is 23.5 Å². The van der Waals surface area contributed by atoms with Crippen LogP contribution in [0.2, 0.25) is 0 Å². The van der Waals surface area contributed by atoms with Crippen LogP contribution in [0.15, 0.2) is 12.1 Å². The van der Waals surface area contributed by atoms with E-state index in [4.69, 9.17) is 9.47 Å². The molecule has 5 heteroatoms. The van der Waals surface area contributed by atoms with Crippen LogP contribution < -0.4 is 9.47 Å². The zero-order valence-electron chi connectivity index (χ0n) is 13.0. The number of methoxy groups -OCH3 is 1. The predicted molar refractivity (Wildman–Crippen MR) is 79.7 cm³/mol. The molecule has 1 fully saturated rings. The second kappa shape index (κ2) is 4.56. The first-order valence-electron chi connectivity index (χ1n) is 7.65. The Morgan fingerprint density at radius 1 is 1.27 bits per heavy atom. The molecule has 22 heavy (non-hydrogen) atoms. The average molecular weight is 301 g/mol. The highest BCUT2D eigenvalue weighted by atomic mass is 16.5. The maximum absolute atomic E-state index is 12.9. The Morgan fingerprint density at radius 2 is 2.05 bits per heavy atom. The van der Waals surface area contributed by atoms with Gasteiger partial charge >= 0.3 is 0 Å². The molecule has 4 rings (SSSR count). The smallest absolute Gasteiger partial charge is 0.180 e. The molecule has 0 spiro atoms. The molecule has 3 aliphatic rings. The van der Waals surface area contributed by atoms with Crippen LogP contribution in [0.3, 0.4) is 0 Å². The van der Waals surface area contributed by atoms with Crippen LogP contribution in [0.25, 0.3) is 0 Å². The molecule has 0 saturated heterocycles. The minimum Gasteiger partial charge on any atom is -0.493 e. The fourth-order valence-corrected chi connectivity index (χ4v) is 4.42. The van der Waals surface area contributed by atoms with Gasteiger partial charge in [0.05, 0.1) is 13.2 Å². The topological polar surface area (TPSA) is 55.8 Å². The van der Waals surface area contributed by atoms with Crippen LogP contribution in [0.4, 0.5) is 0 Å². The van der Waals surface area contributed by atoms with Gasteiger partial charge in [0.15, 0.2) is 29.2 Å². The zero-order chi connectivity index (χ0) is 15.6. The third kappa shape index (κ3) is 1.57. The Labute approximate surface area is 129 Å². The van der Waals surface area contributed by atoms with Gasteiger partial charge in [-0.05, 0) is 38.6 Å². The van der Waals surface area contributed by atoms with Crippen molar-refractivity contribution < 1.29 is 19.1 Å². The van der Waals surface area contributed by atoms with Gasteiger partial charge in [0.25, 0.3) is 0 Å². The molecule has 1 aromatic carbocycles. The molecule has 0 N–H and O–H groups in total. The first kappa shape index (κ1) is 13.8. The number of ether oxygens (including phenoxy) is 2. The van der Waals surface area contributed by atoms with Crippen molar-refractivity contribution in [3.05, 3.63) is 23.3 Å². The Hall–Kier alpha value is -1.88. The number of ketones is 2. The van der Waals surface area contributed by atoms with Gasteiger partial charge in [-0.2, -0.15) is 0 Å². The molecule has 0 amide bonds. The van der Waals surface area contributed by atoms with Gasteiger partial charge in [-0.25, -0.2) is 0 Å². The van der Waals surface area contributed by atoms with Crippen LogP contribution in [0.5, 0.6) is 11.5 Å². The van der Waals surface area contributed by atoms with E-state index in [9.17, 15) is 9.59 Å². The van der Waals surface area contributed by atoms with Crippen LogP contribution in [-0.2, 0) is 4.79 Å². The quantitative estimate of drug-likeness (QED) is 0.831. The number of carbonyl (C=O) groups is 2. The van der Waals surface area contributed by atoms with Crippen molar-refractivity contribution in [2.45, 2.75) is 30.9 Å². The Bertz CT molecular complexity index is 681. The third-order valence-corrected chi connectivity index (χ3v) is 5.28. The summed E-state index contributed by atoms with van der Waals surface area (Å²) < 4.78 is 11.3. The molecule has 1 saturated carbocycles. The summed E-state index contributed by atoms with van der Waals surface area (Å²) in [7, 11) is 5.44. The predicted octanol–water partition coefficient (Wildman–Crippen LogP) is 1.65. The summed E-state index contributed by atoms with van der Waals surface area (Å²) in [6.07, 6.45) is 0.766. The summed E-state index contributed by atoms with van der Waals surface area (Å²) in [6.45, 7) is 0. The van der Waals surface area contributed by atoms with Gasteiger partial charge < -0.3 is 9.47 Å². The Balaban J connectivity index is 1.96. The van der Waals surface area contributed by atoms with Gasteiger partial charge in [-0.15, -0.1) is 0 Å². The minimum absolute atomic E-state index is 0.0218. The van der Waals surface area contributed by atoms with E-state index < -0.39 is 6.10 Å². The molecule has 1 aromatic rings. The molecule has 1 unspecified atom stereocenters. The fourth-order valence-electron chi connectivity index (χ4n) is 4.42. The van der Waals surface area contributed by atoms with Crippen molar-refractivity contribution in [1.82, 2.24) is 4.90 Å². The largest absolute Gasteiger partial charge is 0.493 e. The van der Waals surface area contributed by atoms with Crippen molar-refractivity contribution in [2.75, 3.05) is 21.2 Å². The molecule has 0 aromatic heterocycles. The molecular weight excluding hydrogens is 282 g/mol. The van der Waals surface area contributed by atoms with Crippen LogP contribution in [0.1, 0.15) is 34.7 Å². The van der Waals surface area contributed by atoms with Crippen LogP contribution >= 0.6 is 0 Å². The van der Waals surface area contributed by atoms with E-state index in [1.807, 2.05) is 25.1 Å². The maximum atomic E-state index is 12.9. The molecule has 1 heterocycles. The fraction of sp³-hybridized carbons (Fsp3) is 0.529. The summed E-state index contributed by atoms with van der Waals surface area (Å²) in [6, 6.07) is 3.40. The first-order chi connectivity index (χ1) is 10.5. The minimum atomic E-state index is -0.459.